The number of aromatic nitrogens is 2. The van der Waals surface area contributed by atoms with E-state index >= 15 is 0 Å². The summed E-state index contributed by atoms with van der Waals surface area (Å²) in [4.78, 5) is 26.0. The van der Waals surface area contributed by atoms with Gasteiger partial charge in [0.1, 0.15) is 0 Å². The Kier molecular flexibility index (Phi) is 7.75. The second-order valence-electron chi connectivity index (χ2n) is 6.88. The molecule has 1 aromatic carbocycles. The number of hydrogen-bond donors (Lipinski definition) is 1. The van der Waals surface area contributed by atoms with Crippen LogP contribution in [0.4, 0.5) is 0 Å². The molecule has 0 radical (unpaired) electrons. The highest BCUT2D eigenvalue weighted by Gasteiger charge is 2.24. The lowest BCUT2D eigenvalue weighted by Gasteiger charge is -2.24. The highest BCUT2D eigenvalue weighted by molar-refractivity contribution is 5.95. The van der Waals surface area contributed by atoms with Crippen molar-refractivity contribution in [2.75, 3.05) is 26.3 Å². The molecule has 1 aromatic heterocycles. The summed E-state index contributed by atoms with van der Waals surface area (Å²) in [6, 6.07) is 7.83. The highest BCUT2D eigenvalue weighted by Crippen LogP contribution is 2.19. The maximum atomic E-state index is 13.2. The van der Waals surface area contributed by atoms with Gasteiger partial charge in [-0.3, -0.25) is 9.59 Å². The SMILES string of the molecule is CCOCCCN(CC(C)C(=O)O)C(=O)c1cnn(-c2ccccc2C)c1C. The molecule has 0 fully saturated rings. The van der Waals surface area contributed by atoms with Gasteiger partial charge < -0.3 is 14.7 Å². The molecule has 0 bridgehead atoms. The fourth-order valence-corrected chi connectivity index (χ4v) is 3.02. The van der Waals surface area contributed by atoms with E-state index < -0.39 is 11.9 Å². The fourth-order valence-electron chi connectivity index (χ4n) is 3.02. The average molecular weight is 387 g/mol. The molecule has 2 rings (SSSR count). The number of amides is 1. The molecule has 7 heteroatoms. The van der Waals surface area contributed by atoms with Crippen LogP contribution in [0.2, 0.25) is 0 Å². The first kappa shape index (κ1) is 21.6. The molecule has 28 heavy (non-hydrogen) atoms. The molecule has 2 aromatic rings. The molecular formula is C21H29N3O4. The predicted octanol–water partition coefficient (Wildman–Crippen LogP) is 3.08. The van der Waals surface area contributed by atoms with Crippen LogP contribution >= 0.6 is 0 Å². The Hall–Kier alpha value is -2.67. The highest BCUT2D eigenvalue weighted by atomic mass is 16.5. The number of aliphatic carboxylic acids is 1. The molecule has 1 atom stereocenters. The Balaban J connectivity index is 2.25. The summed E-state index contributed by atoms with van der Waals surface area (Å²) in [5.41, 5.74) is 3.19. The molecule has 0 spiro atoms. The van der Waals surface area contributed by atoms with Crippen molar-refractivity contribution in [1.82, 2.24) is 14.7 Å². The van der Waals surface area contributed by atoms with Gasteiger partial charge in [0.2, 0.25) is 0 Å². The number of nitrogens with zero attached hydrogens (tertiary/aromatic N) is 3. The van der Waals surface area contributed by atoms with E-state index in [9.17, 15) is 14.7 Å². The number of carboxylic acid groups (broad SMARTS) is 1. The van der Waals surface area contributed by atoms with Gasteiger partial charge >= 0.3 is 5.97 Å². The molecule has 152 valence electrons. The Morgan fingerprint density at radius 1 is 1.29 bits per heavy atom. The van der Waals surface area contributed by atoms with E-state index in [1.54, 1.807) is 22.7 Å². The minimum atomic E-state index is -0.921. The smallest absolute Gasteiger partial charge is 0.308 e. The van der Waals surface area contributed by atoms with Crippen LogP contribution in [0.3, 0.4) is 0 Å². The molecule has 7 nitrogen and oxygen atoms in total. The number of para-hydroxylation sites is 1. The number of ether oxygens (including phenoxy) is 1. The molecule has 0 aliphatic rings. The third kappa shape index (κ3) is 5.19. The number of rotatable bonds is 10. The molecule has 1 unspecified atom stereocenters. The summed E-state index contributed by atoms with van der Waals surface area (Å²) < 4.78 is 7.10. The van der Waals surface area contributed by atoms with Gasteiger partial charge in [-0.25, -0.2) is 4.68 Å². The first-order valence-electron chi connectivity index (χ1n) is 9.57. The van der Waals surface area contributed by atoms with E-state index in [2.05, 4.69) is 5.10 Å². The van der Waals surface area contributed by atoms with Crippen LogP contribution in [0.25, 0.3) is 5.69 Å². The number of carbonyl (C=O) groups excluding carboxylic acids is 1. The standard InChI is InChI=1S/C21H29N3O4/c1-5-28-12-8-11-23(14-16(3)21(26)27)20(25)18-13-22-24(17(18)4)19-10-7-6-9-15(19)2/h6-7,9-10,13,16H,5,8,11-12,14H2,1-4H3,(H,26,27). The first-order chi connectivity index (χ1) is 13.4. The Bertz CT molecular complexity index is 816. The van der Waals surface area contributed by atoms with Gasteiger partial charge in [-0.2, -0.15) is 5.10 Å². The van der Waals surface area contributed by atoms with Crippen molar-refractivity contribution in [3.8, 4) is 5.69 Å². The first-order valence-corrected chi connectivity index (χ1v) is 9.57. The molecule has 0 saturated carbocycles. The van der Waals surface area contributed by atoms with Crippen molar-refractivity contribution in [1.29, 1.82) is 0 Å². The fraction of sp³-hybridized carbons (Fsp3) is 0.476. The number of carboxylic acids is 1. The van der Waals surface area contributed by atoms with Crippen LogP contribution in [0.1, 0.15) is 41.9 Å². The van der Waals surface area contributed by atoms with E-state index in [1.807, 2.05) is 45.0 Å². The summed E-state index contributed by atoms with van der Waals surface area (Å²) in [7, 11) is 0. The lowest BCUT2D eigenvalue weighted by atomic mass is 10.1. The van der Waals surface area contributed by atoms with Crippen LogP contribution in [0, 0.1) is 19.8 Å². The van der Waals surface area contributed by atoms with E-state index in [4.69, 9.17) is 4.74 Å². The van der Waals surface area contributed by atoms with Gasteiger partial charge in [0, 0.05) is 26.3 Å². The summed E-state index contributed by atoms with van der Waals surface area (Å²) >= 11 is 0. The van der Waals surface area contributed by atoms with Crippen molar-refractivity contribution in [3.05, 3.63) is 47.3 Å². The van der Waals surface area contributed by atoms with Crippen molar-refractivity contribution < 1.29 is 19.4 Å². The zero-order chi connectivity index (χ0) is 20.7. The molecular weight excluding hydrogens is 358 g/mol. The maximum absolute atomic E-state index is 13.2. The molecule has 0 aliphatic heterocycles. The molecule has 0 saturated heterocycles. The topological polar surface area (TPSA) is 84.7 Å². The number of aryl methyl sites for hydroxylation is 1. The van der Waals surface area contributed by atoms with Crippen LogP contribution in [-0.2, 0) is 9.53 Å². The van der Waals surface area contributed by atoms with Crippen LogP contribution in [0.15, 0.2) is 30.5 Å². The zero-order valence-electron chi connectivity index (χ0n) is 17.0. The number of hydrogen-bond acceptors (Lipinski definition) is 4. The van der Waals surface area contributed by atoms with Gasteiger partial charge in [-0.05, 0) is 38.8 Å². The third-order valence-corrected chi connectivity index (χ3v) is 4.71. The Morgan fingerprint density at radius 2 is 2.00 bits per heavy atom. The van der Waals surface area contributed by atoms with E-state index in [0.29, 0.717) is 31.7 Å². The Morgan fingerprint density at radius 3 is 2.64 bits per heavy atom. The maximum Gasteiger partial charge on any atom is 0.308 e. The summed E-state index contributed by atoms with van der Waals surface area (Å²) in [6.45, 7) is 9.09. The largest absolute Gasteiger partial charge is 0.481 e. The van der Waals surface area contributed by atoms with Crippen LogP contribution in [0.5, 0.6) is 0 Å². The van der Waals surface area contributed by atoms with Crippen molar-refractivity contribution in [2.24, 2.45) is 5.92 Å². The number of carbonyl (C=O) groups is 2. The molecule has 0 aliphatic carbocycles. The lowest BCUT2D eigenvalue weighted by molar-refractivity contribution is -0.141. The van der Waals surface area contributed by atoms with Crippen LogP contribution < -0.4 is 0 Å². The van der Waals surface area contributed by atoms with Gasteiger partial charge in [0.25, 0.3) is 5.91 Å². The third-order valence-electron chi connectivity index (χ3n) is 4.71. The molecule has 1 heterocycles. The second kappa shape index (κ2) is 10.0. The Labute approximate surface area is 165 Å². The van der Waals surface area contributed by atoms with Gasteiger partial charge in [0.15, 0.2) is 0 Å². The van der Waals surface area contributed by atoms with Gasteiger partial charge in [-0.15, -0.1) is 0 Å². The number of benzene rings is 1. The minimum Gasteiger partial charge on any atom is -0.481 e. The van der Waals surface area contributed by atoms with E-state index in [1.165, 1.54) is 0 Å². The summed E-state index contributed by atoms with van der Waals surface area (Å²) in [5, 5.41) is 13.7. The molecule has 1 N–H and O–H groups in total. The van der Waals surface area contributed by atoms with Crippen LogP contribution in [-0.4, -0.2) is 58.0 Å². The van der Waals surface area contributed by atoms with Gasteiger partial charge in [-0.1, -0.05) is 25.1 Å². The normalized spacial score (nSPS) is 12.0. The van der Waals surface area contributed by atoms with Crippen molar-refractivity contribution in [2.45, 2.75) is 34.1 Å². The average Bonchev–Trinajstić information content (AvgIpc) is 3.05. The monoisotopic (exact) mass is 387 g/mol. The zero-order valence-corrected chi connectivity index (χ0v) is 17.0. The van der Waals surface area contributed by atoms with E-state index in [0.717, 1.165) is 16.9 Å². The molecule has 1 amide bonds. The van der Waals surface area contributed by atoms with Crippen molar-refractivity contribution in [3.63, 3.8) is 0 Å². The summed E-state index contributed by atoms with van der Waals surface area (Å²) in [6.07, 6.45) is 2.21. The van der Waals surface area contributed by atoms with Crippen molar-refractivity contribution >= 4 is 11.9 Å². The van der Waals surface area contributed by atoms with Gasteiger partial charge in [0.05, 0.1) is 29.1 Å². The lowest BCUT2D eigenvalue weighted by Crippen LogP contribution is -2.38. The minimum absolute atomic E-state index is 0.148. The summed E-state index contributed by atoms with van der Waals surface area (Å²) in [5.74, 6) is -1.78. The second-order valence-corrected chi connectivity index (χ2v) is 6.88. The quantitative estimate of drug-likeness (QED) is 0.633. The predicted molar refractivity (Wildman–Crippen MR) is 107 cm³/mol. The van der Waals surface area contributed by atoms with E-state index in [-0.39, 0.29) is 12.5 Å².